The topological polar surface area (TPSA) is 69.6 Å². The van der Waals surface area contributed by atoms with Gasteiger partial charge in [-0.1, -0.05) is 41.6 Å². The van der Waals surface area contributed by atoms with Crippen LogP contribution in [0.3, 0.4) is 0 Å². The molecule has 0 unspecified atom stereocenters. The minimum atomic E-state index is -0.118. The largest absolute Gasteiger partial charge is 0.339 e. The number of nitrogens with zero attached hydrogens (tertiary/aromatic N) is 5. The van der Waals surface area contributed by atoms with Crippen LogP contribution in [0.5, 0.6) is 0 Å². The second-order valence-corrected chi connectivity index (χ2v) is 7.04. The number of aromatic nitrogens is 5. The van der Waals surface area contributed by atoms with Crippen LogP contribution in [0.2, 0.25) is 0 Å². The molecule has 5 rings (SSSR count). The van der Waals surface area contributed by atoms with Crippen molar-refractivity contribution in [1.29, 1.82) is 0 Å². The van der Waals surface area contributed by atoms with Crippen LogP contribution in [0.15, 0.2) is 71.8 Å². The number of benzene rings is 1. The van der Waals surface area contributed by atoms with Crippen molar-refractivity contribution in [2.75, 3.05) is 0 Å². The molecule has 0 bridgehead atoms. The Kier molecular flexibility index (Phi) is 3.81. The molecule has 1 aliphatic rings. The normalized spacial score (nSPS) is 15.0. The van der Waals surface area contributed by atoms with Crippen molar-refractivity contribution in [3.8, 4) is 0 Å². The highest BCUT2D eigenvalue weighted by atomic mass is 16.5. The molecule has 0 radical (unpaired) electrons. The molecule has 0 spiro atoms. The molecule has 0 atom stereocenters. The Morgan fingerprint density at radius 2 is 1.89 bits per heavy atom. The first-order valence-electron chi connectivity index (χ1n) is 9.11. The van der Waals surface area contributed by atoms with Gasteiger partial charge in [0.2, 0.25) is 5.89 Å². The van der Waals surface area contributed by atoms with E-state index in [9.17, 15) is 0 Å². The van der Waals surface area contributed by atoms with E-state index in [1.165, 1.54) is 5.56 Å². The highest BCUT2D eigenvalue weighted by molar-refractivity contribution is 5.37. The van der Waals surface area contributed by atoms with E-state index in [-0.39, 0.29) is 5.41 Å². The van der Waals surface area contributed by atoms with Gasteiger partial charge in [-0.25, -0.2) is 0 Å². The monoisotopic (exact) mass is 357 g/mol. The standard InChI is InChI=1S/C21H19N5O/c1-2-5-16(6-3-1)14-26-15-17(12-23-26)11-19-24-20(25-27-19)21(8-9-21)18-7-4-10-22-13-18/h1-7,10,12-13,15H,8-9,11,14H2. The van der Waals surface area contributed by atoms with Crippen LogP contribution in [-0.4, -0.2) is 24.9 Å². The first-order chi connectivity index (χ1) is 13.3. The lowest BCUT2D eigenvalue weighted by Gasteiger charge is -2.09. The molecule has 0 amide bonds. The van der Waals surface area contributed by atoms with Gasteiger partial charge < -0.3 is 4.52 Å². The summed E-state index contributed by atoms with van der Waals surface area (Å²) >= 11 is 0. The lowest BCUT2D eigenvalue weighted by atomic mass is 9.97. The first-order valence-corrected chi connectivity index (χ1v) is 9.11. The highest BCUT2D eigenvalue weighted by Gasteiger charge is 2.50. The van der Waals surface area contributed by atoms with E-state index < -0.39 is 0 Å². The van der Waals surface area contributed by atoms with E-state index in [0.29, 0.717) is 12.3 Å². The third kappa shape index (κ3) is 3.14. The van der Waals surface area contributed by atoms with Crippen molar-refractivity contribution >= 4 is 0 Å². The summed E-state index contributed by atoms with van der Waals surface area (Å²) in [4.78, 5) is 8.90. The molecule has 3 heterocycles. The number of hydrogen-bond donors (Lipinski definition) is 0. The predicted molar refractivity (Wildman–Crippen MR) is 99.1 cm³/mol. The highest BCUT2D eigenvalue weighted by Crippen LogP contribution is 2.51. The van der Waals surface area contributed by atoms with Gasteiger partial charge in [0, 0.05) is 18.6 Å². The summed E-state index contributed by atoms with van der Waals surface area (Å²) in [6, 6.07) is 14.3. The molecule has 1 fully saturated rings. The Morgan fingerprint density at radius 1 is 1.00 bits per heavy atom. The fourth-order valence-electron chi connectivity index (χ4n) is 3.46. The summed E-state index contributed by atoms with van der Waals surface area (Å²) in [5.74, 6) is 1.39. The third-order valence-corrected chi connectivity index (χ3v) is 5.09. The van der Waals surface area contributed by atoms with Gasteiger partial charge in [-0.05, 0) is 35.6 Å². The second kappa shape index (κ2) is 6.46. The zero-order valence-corrected chi connectivity index (χ0v) is 14.8. The summed E-state index contributed by atoms with van der Waals surface area (Å²) < 4.78 is 7.46. The van der Waals surface area contributed by atoms with E-state index in [2.05, 4.69) is 38.4 Å². The minimum absolute atomic E-state index is 0.118. The van der Waals surface area contributed by atoms with Gasteiger partial charge in [0.15, 0.2) is 5.82 Å². The Bertz CT molecular complexity index is 1030. The maximum Gasteiger partial charge on any atom is 0.231 e. The molecule has 1 saturated carbocycles. The van der Waals surface area contributed by atoms with Gasteiger partial charge in [0.1, 0.15) is 0 Å². The molecule has 1 aliphatic carbocycles. The lowest BCUT2D eigenvalue weighted by molar-refractivity contribution is 0.376. The van der Waals surface area contributed by atoms with Gasteiger partial charge in [0.25, 0.3) is 0 Å². The van der Waals surface area contributed by atoms with Gasteiger partial charge in [0.05, 0.1) is 24.6 Å². The second-order valence-electron chi connectivity index (χ2n) is 7.04. The molecule has 27 heavy (non-hydrogen) atoms. The average molecular weight is 357 g/mol. The van der Waals surface area contributed by atoms with Crippen molar-refractivity contribution in [1.82, 2.24) is 24.9 Å². The van der Waals surface area contributed by atoms with Crippen LogP contribution in [0.25, 0.3) is 0 Å². The van der Waals surface area contributed by atoms with E-state index in [0.717, 1.165) is 36.3 Å². The SMILES string of the molecule is c1ccc(Cn2cc(Cc3nc(C4(c5cccnc5)CC4)no3)cn2)cc1. The molecule has 0 saturated heterocycles. The van der Waals surface area contributed by atoms with Crippen LogP contribution in [-0.2, 0) is 18.4 Å². The van der Waals surface area contributed by atoms with Crippen LogP contribution >= 0.6 is 0 Å². The Morgan fingerprint density at radius 3 is 2.67 bits per heavy atom. The summed E-state index contributed by atoms with van der Waals surface area (Å²) in [6.07, 6.45) is 10.2. The maximum absolute atomic E-state index is 5.53. The smallest absolute Gasteiger partial charge is 0.231 e. The molecule has 3 aromatic heterocycles. The average Bonchev–Trinajstić information content (AvgIpc) is 3.20. The van der Waals surface area contributed by atoms with E-state index in [1.807, 2.05) is 47.5 Å². The van der Waals surface area contributed by atoms with Crippen molar-refractivity contribution in [3.05, 3.63) is 95.7 Å². The van der Waals surface area contributed by atoms with Crippen LogP contribution < -0.4 is 0 Å². The van der Waals surface area contributed by atoms with Gasteiger partial charge in [-0.15, -0.1) is 0 Å². The molecule has 0 aliphatic heterocycles. The Balaban J connectivity index is 1.30. The zero-order chi connectivity index (χ0) is 18.1. The lowest BCUT2D eigenvalue weighted by Crippen LogP contribution is -2.11. The van der Waals surface area contributed by atoms with Crippen molar-refractivity contribution < 1.29 is 4.52 Å². The van der Waals surface area contributed by atoms with Crippen molar-refractivity contribution in [2.45, 2.75) is 31.2 Å². The number of rotatable bonds is 6. The van der Waals surface area contributed by atoms with Crippen LogP contribution in [0, 0.1) is 0 Å². The molecule has 4 aromatic rings. The molecule has 1 aromatic carbocycles. The summed E-state index contributed by atoms with van der Waals surface area (Å²) in [5, 5.41) is 8.70. The zero-order valence-electron chi connectivity index (χ0n) is 14.8. The predicted octanol–water partition coefficient (Wildman–Crippen LogP) is 3.38. The van der Waals surface area contributed by atoms with E-state index in [4.69, 9.17) is 4.52 Å². The first kappa shape index (κ1) is 15.9. The minimum Gasteiger partial charge on any atom is -0.339 e. The van der Waals surface area contributed by atoms with Crippen LogP contribution in [0.1, 0.15) is 41.2 Å². The summed E-state index contributed by atoms with van der Waals surface area (Å²) in [7, 11) is 0. The molecular formula is C21H19N5O. The van der Waals surface area contributed by atoms with E-state index in [1.54, 1.807) is 6.20 Å². The maximum atomic E-state index is 5.53. The van der Waals surface area contributed by atoms with E-state index >= 15 is 0 Å². The Hall–Kier alpha value is -3.28. The summed E-state index contributed by atoms with van der Waals surface area (Å²) in [5.41, 5.74) is 3.33. The number of pyridine rings is 1. The molecule has 0 N–H and O–H groups in total. The molecule has 134 valence electrons. The Labute approximate surface area is 156 Å². The fraction of sp³-hybridized carbons (Fsp3) is 0.238. The third-order valence-electron chi connectivity index (χ3n) is 5.09. The summed E-state index contributed by atoms with van der Waals surface area (Å²) in [6.45, 7) is 0.750. The fourth-order valence-corrected chi connectivity index (χ4v) is 3.46. The van der Waals surface area contributed by atoms with Gasteiger partial charge in [-0.2, -0.15) is 10.1 Å². The molecule has 6 heteroatoms. The quantitative estimate of drug-likeness (QED) is 0.529. The van der Waals surface area contributed by atoms with Gasteiger partial charge >= 0.3 is 0 Å². The van der Waals surface area contributed by atoms with Crippen LogP contribution in [0.4, 0.5) is 0 Å². The number of hydrogen-bond acceptors (Lipinski definition) is 5. The molecular weight excluding hydrogens is 338 g/mol. The van der Waals surface area contributed by atoms with Gasteiger partial charge in [-0.3, -0.25) is 9.67 Å². The van der Waals surface area contributed by atoms with Crippen molar-refractivity contribution in [2.24, 2.45) is 0 Å². The molecule has 6 nitrogen and oxygen atoms in total. The van der Waals surface area contributed by atoms with Crippen molar-refractivity contribution in [3.63, 3.8) is 0 Å².